The summed E-state index contributed by atoms with van der Waals surface area (Å²) in [5, 5.41) is 5.90. The number of benzene rings is 1. The van der Waals surface area contributed by atoms with E-state index < -0.39 is 11.5 Å². The minimum absolute atomic E-state index is 0.0949. The average molecular weight is 449 g/mol. The first-order valence-corrected chi connectivity index (χ1v) is 11.0. The topological polar surface area (TPSA) is 91.0 Å². The maximum atomic E-state index is 13.0. The molecule has 0 saturated heterocycles. The van der Waals surface area contributed by atoms with Gasteiger partial charge in [-0.2, -0.15) is 0 Å². The van der Waals surface area contributed by atoms with Crippen molar-refractivity contribution in [1.82, 2.24) is 20.4 Å². The van der Waals surface area contributed by atoms with Gasteiger partial charge in [0.15, 0.2) is 0 Å². The number of ether oxygens (including phenoxy) is 1. The van der Waals surface area contributed by atoms with Gasteiger partial charge in [0.25, 0.3) is 0 Å². The van der Waals surface area contributed by atoms with E-state index in [-0.39, 0.29) is 42.8 Å². The summed E-state index contributed by atoms with van der Waals surface area (Å²) in [6.07, 6.45) is 0. The lowest BCUT2D eigenvalue weighted by Gasteiger charge is -2.35. The van der Waals surface area contributed by atoms with Crippen LogP contribution in [0.4, 0.5) is 0 Å². The molecule has 180 valence electrons. The molecule has 2 amide bonds. The Kier molecular flexibility index (Phi) is 10.8. The molecule has 0 aliphatic rings. The number of likely N-dealkylation sites (N-methyl/N-ethyl adjacent to an activating group) is 3. The van der Waals surface area contributed by atoms with E-state index in [1.807, 2.05) is 70.0 Å². The number of rotatable bonds is 12. The number of amides is 2. The number of methoxy groups -OCH3 is 1. The molecule has 32 heavy (non-hydrogen) atoms. The van der Waals surface area contributed by atoms with Gasteiger partial charge in [-0.3, -0.25) is 19.3 Å². The van der Waals surface area contributed by atoms with Crippen molar-refractivity contribution in [2.24, 2.45) is 5.92 Å². The van der Waals surface area contributed by atoms with Gasteiger partial charge in [-0.15, -0.1) is 0 Å². The van der Waals surface area contributed by atoms with E-state index >= 15 is 0 Å². The molecule has 0 spiro atoms. The van der Waals surface area contributed by atoms with E-state index in [1.165, 1.54) is 7.11 Å². The Balaban J connectivity index is 2.78. The zero-order chi connectivity index (χ0) is 24.5. The third kappa shape index (κ3) is 7.60. The van der Waals surface area contributed by atoms with Crippen molar-refractivity contribution in [3.8, 4) is 0 Å². The summed E-state index contributed by atoms with van der Waals surface area (Å²) in [4.78, 5) is 40.8. The molecule has 0 bridgehead atoms. The second kappa shape index (κ2) is 12.6. The van der Waals surface area contributed by atoms with E-state index in [9.17, 15) is 14.4 Å². The van der Waals surface area contributed by atoms with Gasteiger partial charge in [-0.05, 0) is 25.6 Å². The summed E-state index contributed by atoms with van der Waals surface area (Å²) in [7, 11) is 6.64. The minimum Gasteiger partial charge on any atom is -0.468 e. The first-order chi connectivity index (χ1) is 14.9. The van der Waals surface area contributed by atoms with Crippen LogP contribution in [0.25, 0.3) is 0 Å². The van der Waals surface area contributed by atoms with Crippen molar-refractivity contribution in [3.05, 3.63) is 35.9 Å². The van der Waals surface area contributed by atoms with Crippen LogP contribution in [0.3, 0.4) is 0 Å². The quantitative estimate of drug-likeness (QED) is 0.468. The molecule has 0 unspecified atom stereocenters. The molecular weight excluding hydrogens is 408 g/mol. The van der Waals surface area contributed by atoms with Gasteiger partial charge in [0.2, 0.25) is 11.8 Å². The molecule has 1 aromatic carbocycles. The zero-order valence-corrected chi connectivity index (χ0v) is 20.8. The fourth-order valence-corrected chi connectivity index (χ4v) is 3.88. The van der Waals surface area contributed by atoms with Crippen LogP contribution in [-0.4, -0.2) is 87.6 Å². The monoisotopic (exact) mass is 448 g/mol. The Morgan fingerprint density at radius 3 is 2.19 bits per heavy atom. The second-order valence-electron chi connectivity index (χ2n) is 9.12. The highest BCUT2D eigenvalue weighted by atomic mass is 16.5. The lowest BCUT2D eigenvalue weighted by Crippen LogP contribution is -2.56. The molecule has 1 aromatic rings. The Labute approximate surface area is 192 Å². The summed E-state index contributed by atoms with van der Waals surface area (Å²) in [6.45, 7) is 8.63. The molecule has 0 fully saturated rings. The molecular formula is C24H40N4O4. The number of carbonyl (C=O) groups is 3. The largest absolute Gasteiger partial charge is 0.468 e. The normalized spacial score (nSPS) is 13.6. The second-order valence-corrected chi connectivity index (χ2v) is 9.12. The molecule has 0 heterocycles. The van der Waals surface area contributed by atoms with Crippen LogP contribution >= 0.6 is 0 Å². The highest BCUT2D eigenvalue weighted by molar-refractivity contribution is 5.88. The molecule has 0 aliphatic heterocycles. The molecule has 1 rings (SSSR count). The predicted octanol–water partition coefficient (Wildman–Crippen LogP) is 1.26. The van der Waals surface area contributed by atoms with E-state index in [1.54, 1.807) is 19.0 Å². The van der Waals surface area contributed by atoms with E-state index in [4.69, 9.17) is 4.74 Å². The van der Waals surface area contributed by atoms with E-state index in [0.29, 0.717) is 6.54 Å². The Hall–Kier alpha value is -2.45. The fraction of sp³-hybridized carbons (Fsp3) is 0.625. The number of nitrogens with one attached hydrogen (secondary N) is 2. The van der Waals surface area contributed by atoms with Crippen LogP contribution in [0.15, 0.2) is 30.3 Å². The Morgan fingerprint density at radius 1 is 1.09 bits per heavy atom. The summed E-state index contributed by atoms with van der Waals surface area (Å²) in [5.41, 5.74) is 0.568. The number of nitrogens with zero attached hydrogens (tertiary/aromatic N) is 2. The van der Waals surface area contributed by atoms with E-state index in [2.05, 4.69) is 10.6 Å². The van der Waals surface area contributed by atoms with Crippen LogP contribution in [0.1, 0.15) is 33.3 Å². The number of esters is 1. The van der Waals surface area contributed by atoms with Gasteiger partial charge in [-0.1, -0.05) is 58.0 Å². The highest BCUT2D eigenvalue weighted by Crippen LogP contribution is 2.27. The van der Waals surface area contributed by atoms with Crippen LogP contribution in [-0.2, 0) is 24.5 Å². The molecule has 0 saturated carbocycles. The highest BCUT2D eigenvalue weighted by Gasteiger charge is 2.36. The Bertz CT molecular complexity index is 752. The van der Waals surface area contributed by atoms with Gasteiger partial charge in [0.1, 0.15) is 0 Å². The van der Waals surface area contributed by atoms with Gasteiger partial charge in [-0.25, -0.2) is 0 Å². The molecule has 2 atom stereocenters. The summed E-state index contributed by atoms with van der Waals surface area (Å²) in [5.74, 6) is -0.569. The molecule has 2 N–H and O–H groups in total. The molecule has 0 aromatic heterocycles. The third-order valence-electron chi connectivity index (χ3n) is 5.99. The molecule has 8 heteroatoms. The number of hydrogen-bond acceptors (Lipinski definition) is 6. The van der Waals surface area contributed by atoms with Crippen molar-refractivity contribution < 1.29 is 19.1 Å². The van der Waals surface area contributed by atoms with Crippen LogP contribution in [0.5, 0.6) is 0 Å². The lowest BCUT2D eigenvalue weighted by molar-refractivity contribution is -0.142. The standard InChI is InChI=1S/C24H40N4O4/c1-17(2)19(15-27(6)16-21(30)32-8)28(7)20(29)14-26-23(31)22(25-5)24(3,4)18-12-10-9-11-13-18/h9-13,17,19,22,25H,14-16H2,1-8H3,(H,26,31)/t19-,22-/m1/s1. The average Bonchev–Trinajstić information content (AvgIpc) is 2.75. The zero-order valence-electron chi connectivity index (χ0n) is 20.8. The summed E-state index contributed by atoms with van der Waals surface area (Å²) >= 11 is 0. The smallest absolute Gasteiger partial charge is 0.319 e. The van der Waals surface area contributed by atoms with Gasteiger partial charge in [0.05, 0.1) is 26.2 Å². The molecule has 8 nitrogen and oxygen atoms in total. The van der Waals surface area contributed by atoms with Gasteiger partial charge in [0, 0.05) is 25.0 Å². The molecule has 0 radical (unpaired) electrons. The van der Waals surface area contributed by atoms with Crippen molar-refractivity contribution in [2.75, 3.05) is 47.9 Å². The van der Waals surface area contributed by atoms with Crippen molar-refractivity contribution in [1.29, 1.82) is 0 Å². The number of hydrogen-bond donors (Lipinski definition) is 2. The third-order valence-corrected chi connectivity index (χ3v) is 5.99. The minimum atomic E-state index is -0.505. The van der Waals surface area contributed by atoms with Crippen molar-refractivity contribution in [2.45, 2.75) is 45.2 Å². The first kappa shape index (κ1) is 27.6. The van der Waals surface area contributed by atoms with Gasteiger partial charge >= 0.3 is 5.97 Å². The van der Waals surface area contributed by atoms with Crippen LogP contribution in [0.2, 0.25) is 0 Å². The maximum Gasteiger partial charge on any atom is 0.319 e. The van der Waals surface area contributed by atoms with Crippen molar-refractivity contribution >= 4 is 17.8 Å². The Morgan fingerprint density at radius 2 is 1.69 bits per heavy atom. The lowest BCUT2D eigenvalue weighted by atomic mass is 9.77. The van der Waals surface area contributed by atoms with Gasteiger partial charge < -0.3 is 20.3 Å². The summed E-state index contributed by atoms with van der Waals surface area (Å²) in [6, 6.07) is 9.21. The molecule has 0 aliphatic carbocycles. The van der Waals surface area contributed by atoms with Crippen molar-refractivity contribution in [3.63, 3.8) is 0 Å². The predicted molar refractivity (Wildman–Crippen MR) is 126 cm³/mol. The van der Waals surface area contributed by atoms with Crippen LogP contribution < -0.4 is 10.6 Å². The SMILES string of the molecule is CN[C@H](C(=O)NCC(=O)N(C)[C@H](CN(C)CC(=O)OC)C(C)C)C(C)(C)c1ccccc1. The number of carbonyl (C=O) groups excluding carboxylic acids is 3. The fourth-order valence-electron chi connectivity index (χ4n) is 3.88. The maximum absolute atomic E-state index is 13.0. The first-order valence-electron chi connectivity index (χ1n) is 11.0. The van der Waals surface area contributed by atoms with Crippen LogP contribution in [0, 0.1) is 5.92 Å². The van der Waals surface area contributed by atoms with E-state index in [0.717, 1.165) is 5.56 Å². The summed E-state index contributed by atoms with van der Waals surface area (Å²) < 4.78 is 4.71.